The summed E-state index contributed by atoms with van der Waals surface area (Å²) in [6, 6.07) is 15.0. The second-order valence-corrected chi connectivity index (χ2v) is 11.6. The number of alkyl halides is 2. The van der Waals surface area contributed by atoms with Crippen LogP contribution in [0, 0.1) is 5.92 Å². The van der Waals surface area contributed by atoms with E-state index in [0.29, 0.717) is 27.0 Å². The van der Waals surface area contributed by atoms with Crippen LogP contribution in [-0.4, -0.2) is 21.1 Å². The first-order valence-electron chi connectivity index (χ1n) is 10.2. The van der Waals surface area contributed by atoms with Gasteiger partial charge in [0, 0.05) is 27.3 Å². The molecule has 35 heavy (non-hydrogen) atoms. The molecule has 0 aliphatic heterocycles. The van der Waals surface area contributed by atoms with Crippen molar-refractivity contribution in [2.75, 3.05) is 10.6 Å². The van der Waals surface area contributed by atoms with E-state index in [2.05, 4.69) is 15.6 Å². The third-order valence-corrected chi connectivity index (χ3v) is 8.16. The van der Waals surface area contributed by atoms with Crippen molar-refractivity contribution in [1.82, 2.24) is 4.98 Å². The number of halogens is 5. The predicted molar refractivity (Wildman–Crippen MR) is 145 cm³/mol. The number of aromatic nitrogens is 1. The van der Waals surface area contributed by atoms with Gasteiger partial charge in [-0.3, -0.25) is 9.59 Å². The summed E-state index contributed by atoms with van der Waals surface area (Å²) in [6.45, 7) is 0. The van der Waals surface area contributed by atoms with Gasteiger partial charge in [-0.15, -0.1) is 34.5 Å². The van der Waals surface area contributed by atoms with Crippen molar-refractivity contribution >= 4 is 103 Å². The molecule has 1 saturated carbocycles. The number of rotatable bonds is 5. The van der Waals surface area contributed by atoms with Crippen molar-refractivity contribution in [3.8, 4) is 0 Å². The first-order valence-corrected chi connectivity index (χ1v) is 13.0. The van der Waals surface area contributed by atoms with Gasteiger partial charge in [0.05, 0.1) is 32.2 Å². The second-order valence-electron chi connectivity index (χ2n) is 8.01. The predicted octanol–water partition coefficient (Wildman–Crippen LogP) is 8.03. The fraction of sp³-hybridized carbons (Fsp3) is 0.125. The van der Waals surface area contributed by atoms with E-state index < -0.39 is 28.0 Å². The summed E-state index contributed by atoms with van der Waals surface area (Å²) in [5.74, 6) is -2.06. The number of nitrogens with one attached hydrogen (secondary N) is 2. The number of anilines is 2. The Morgan fingerprint density at radius 3 is 2.31 bits per heavy atom. The Kier molecular flexibility index (Phi) is 6.64. The Morgan fingerprint density at radius 2 is 1.57 bits per heavy atom. The number of benzene rings is 3. The van der Waals surface area contributed by atoms with Crippen molar-refractivity contribution in [3.63, 3.8) is 0 Å². The highest BCUT2D eigenvalue weighted by Gasteiger charge is 2.67. The van der Waals surface area contributed by atoms with E-state index in [0.717, 1.165) is 10.2 Å². The van der Waals surface area contributed by atoms with Crippen LogP contribution in [0.4, 0.5) is 11.4 Å². The van der Waals surface area contributed by atoms with Gasteiger partial charge < -0.3 is 10.6 Å². The molecule has 4 aromatic rings. The van der Waals surface area contributed by atoms with E-state index in [9.17, 15) is 9.59 Å². The Balaban J connectivity index is 1.33. The maximum atomic E-state index is 13.0. The lowest BCUT2D eigenvalue weighted by Crippen LogP contribution is -2.18. The number of carbonyl (C=O) groups excluding carboxylic acids is 2. The lowest BCUT2D eigenvalue weighted by atomic mass is 10.1. The molecule has 0 radical (unpaired) electrons. The third kappa shape index (κ3) is 4.96. The molecule has 5 nitrogen and oxygen atoms in total. The molecule has 178 valence electrons. The summed E-state index contributed by atoms with van der Waals surface area (Å²) < 4.78 is -0.308. The van der Waals surface area contributed by atoms with Gasteiger partial charge in [0.1, 0.15) is 4.33 Å². The fourth-order valence-corrected chi connectivity index (χ4v) is 6.19. The van der Waals surface area contributed by atoms with Gasteiger partial charge in [0.2, 0.25) is 5.91 Å². The normalized spacial score (nSPS) is 18.3. The molecule has 3 aromatic carbocycles. The Bertz CT molecular complexity index is 1470. The number of carbonyl (C=O) groups is 2. The Labute approximate surface area is 229 Å². The summed E-state index contributed by atoms with van der Waals surface area (Å²) >= 11 is 32.8. The summed E-state index contributed by atoms with van der Waals surface area (Å²) in [5, 5.41) is 6.66. The minimum Gasteiger partial charge on any atom is -0.326 e. The van der Waals surface area contributed by atoms with Crippen LogP contribution in [-0.2, 0) is 4.79 Å². The van der Waals surface area contributed by atoms with Crippen LogP contribution in [0.15, 0.2) is 60.1 Å². The van der Waals surface area contributed by atoms with Gasteiger partial charge in [-0.25, -0.2) is 4.98 Å². The molecule has 2 atom stereocenters. The number of hydrogen-bond donors (Lipinski definition) is 2. The maximum Gasteiger partial charge on any atom is 0.257 e. The smallest absolute Gasteiger partial charge is 0.257 e. The van der Waals surface area contributed by atoms with Crippen LogP contribution < -0.4 is 10.6 Å². The molecule has 1 aromatic heterocycles. The second kappa shape index (κ2) is 9.43. The number of amides is 2. The summed E-state index contributed by atoms with van der Waals surface area (Å²) in [6.07, 6.45) is 0. The number of hydrogen-bond acceptors (Lipinski definition) is 4. The van der Waals surface area contributed by atoms with Crippen LogP contribution in [0.25, 0.3) is 10.2 Å². The van der Waals surface area contributed by atoms with E-state index >= 15 is 0 Å². The van der Waals surface area contributed by atoms with Crippen LogP contribution >= 0.6 is 69.3 Å². The molecular formula is C24H14Cl5N3O2S. The largest absolute Gasteiger partial charge is 0.326 e. The highest BCUT2D eigenvalue weighted by Crippen LogP contribution is 2.65. The van der Waals surface area contributed by atoms with Gasteiger partial charge in [-0.2, -0.15) is 0 Å². The van der Waals surface area contributed by atoms with E-state index in [4.69, 9.17) is 58.0 Å². The highest BCUT2D eigenvalue weighted by atomic mass is 35.5. The third-order valence-electron chi connectivity index (χ3n) is 5.65. The number of nitrogens with zero attached hydrogens (tertiary/aromatic N) is 1. The fourth-order valence-electron chi connectivity index (χ4n) is 3.95. The lowest BCUT2D eigenvalue weighted by molar-refractivity contribution is -0.117. The Morgan fingerprint density at radius 1 is 0.886 bits per heavy atom. The van der Waals surface area contributed by atoms with Crippen molar-refractivity contribution < 1.29 is 9.59 Å². The zero-order valence-corrected chi connectivity index (χ0v) is 22.1. The minimum absolute atomic E-state index is 0.194. The van der Waals surface area contributed by atoms with Crippen LogP contribution in [0.2, 0.25) is 15.1 Å². The van der Waals surface area contributed by atoms with Crippen LogP contribution in [0.1, 0.15) is 21.8 Å². The van der Waals surface area contributed by atoms with Crippen LogP contribution in [0.3, 0.4) is 0 Å². The zero-order valence-electron chi connectivity index (χ0n) is 17.5. The van der Waals surface area contributed by atoms with E-state index in [1.54, 1.807) is 41.9 Å². The number of thiazole rings is 1. The Hall–Kier alpha value is -2.06. The van der Waals surface area contributed by atoms with Gasteiger partial charge in [0.15, 0.2) is 0 Å². The minimum atomic E-state index is -1.32. The van der Waals surface area contributed by atoms with Crippen LogP contribution in [0.5, 0.6) is 0 Å². The zero-order chi connectivity index (χ0) is 24.9. The number of fused-ring (bicyclic) bond motifs is 1. The van der Waals surface area contributed by atoms with Crippen molar-refractivity contribution in [1.29, 1.82) is 0 Å². The molecule has 2 amide bonds. The quantitative estimate of drug-likeness (QED) is 0.233. The van der Waals surface area contributed by atoms with E-state index in [-0.39, 0.29) is 10.6 Å². The first-order chi connectivity index (χ1) is 16.6. The van der Waals surface area contributed by atoms with Crippen molar-refractivity contribution in [3.05, 3.63) is 86.3 Å². The topological polar surface area (TPSA) is 71.1 Å². The van der Waals surface area contributed by atoms with E-state index in [1.165, 1.54) is 23.5 Å². The summed E-state index contributed by atoms with van der Waals surface area (Å²) in [4.78, 5) is 30.2. The molecule has 0 spiro atoms. The lowest BCUT2D eigenvalue weighted by Gasteiger charge is -2.10. The molecule has 5 rings (SSSR count). The maximum absolute atomic E-state index is 13.0. The highest BCUT2D eigenvalue weighted by molar-refractivity contribution is 7.16. The summed E-state index contributed by atoms with van der Waals surface area (Å²) in [7, 11) is 0. The SMILES string of the molecule is O=C(Nc1ccc2scnc2c1)c1cc(NC(=O)C2C(c3cc(Cl)cc(Cl)c3)C2(Cl)Cl)ccc1Cl. The molecule has 11 heteroatoms. The van der Waals surface area contributed by atoms with Gasteiger partial charge >= 0.3 is 0 Å². The molecule has 1 aliphatic carbocycles. The van der Waals surface area contributed by atoms with Crippen molar-refractivity contribution in [2.45, 2.75) is 10.3 Å². The standard InChI is InChI=1S/C24H14Cl5N3O2S/c25-12-5-11(6-13(26)7-12)20-21(24(20,28)29)23(34)32-14-1-3-17(27)16(8-14)22(33)31-15-2-4-19-18(9-15)30-10-35-19/h1-10,20-21H,(H,31,33)(H,32,34). The van der Waals surface area contributed by atoms with Gasteiger partial charge in [0.25, 0.3) is 5.91 Å². The monoisotopic (exact) mass is 583 g/mol. The average molecular weight is 586 g/mol. The van der Waals surface area contributed by atoms with Gasteiger partial charge in [-0.1, -0.05) is 34.8 Å². The molecule has 2 N–H and O–H groups in total. The molecule has 0 saturated heterocycles. The molecule has 0 bridgehead atoms. The molecular weight excluding hydrogens is 572 g/mol. The summed E-state index contributed by atoms with van der Waals surface area (Å²) in [5.41, 5.74) is 4.33. The average Bonchev–Trinajstić information content (AvgIpc) is 3.11. The molecule has 2 unspecified atom stereocenters. The first kappa shape index (κ1) is 24.6. The molecule has 1 fully saturated rings. The molecule has 1 aliphatic rings. The van der Waals surface area contributed by atoms with Crippen molar-refractivity contribution in [2.24, 2.45) is 5.92 Å². The van der Waals surface area contributed by atoms with E-state index in [1.807, 2.05) is 6.07 Å². The van der Waals surface area contributed by atoms with Gasteiger partial charge in [-0.05, 0) is 60.2 Å². The molecule has 1 heterocycles.